The molecule has 28 heavy (non-hydrogen) atoms. The van der Waals surface area contributed by atoms with Crippen molar-refractivity contribution in [3.8, 4) is 0 Å². The summed E-state index contributed by atoms with van der Waals surface area (Å²) in [6, 6.07) is 0. The first-order valence-corrected chi connectivity index (χ1v) is 11.4. The fourth-order valence-corrected chi connectivity index (χ4v) is 4.33. The maximum atomic E-state index is 12.6. The molecule has 0 aromatic carbocycles. The third-order valence-electron chi connectivity index (χ3n) is 5.46. The minimum absolute atomic E-state index is 0.00290. The average molecular weight is 407 g/mol. The highest BCUT2D eigenvalue weighted by Crippen LogP contribution is 2.39. The van der Waals surface area contributed by atoms with Gasteiger partial charge < -0.3 is 9.84 Å². The number of carbonyl (C=O) groups excluding carboxylic acids is 1. The van der Waals surface area contributed by atoms with Gasteiger partial charge in [0, 0.05) is 11.8 Å². The molecule has 3 atom stereocenters. The van der Waals surface area contributed by atoms with E-state index >= 15 is 0 Å². The van der Waals surface area contributed by atoms with Crippen LogP contribution in [0.4, 0.5) is 0 Å². The predicted molar refractivity (Wildman–Crippen MR) is 121 cm³/mol. The van der Waals surface area contributed by atoms with Crippen LogP contribution in [0.1, 0.15) is 66.7 Å². The summed E-state index contributed by atoms with van der Waals surface area (Å²) in [5.41, 5.74) is 4.13. The summed E-state index contributed by atoms with van der Waals surface area (Å²) in [6.45, 7) is 10.5. The Hall–Kier alpha value is -1.26. The summed E-state index contributed by atoms with van der Waals surface area (Å²) in [5.74, 6) is 0.00793. The van der Waals surface area contributed by atoms with Crippen molar-refractivity contribution in [2.24, 2.45) is 11.8 Å². The molecule has 3 unspecified atom stereocenters. The Morgan fingerprint density at radius 1 is 1.07 bits per heavy atom. The molecule has 0 radical (unpaired) electrons. The van der Waals surface area contributed by atoms with Gasteiger partial charge in [-0.1, -0.05) is 41.9 Å². The highest BCUT2D eigenvalue weighted by atomic mass is 32.2. The number of hydrogen-bond acceptors (Lipinski definition) is 4. The molecule has 4 heteroatoms. The second kappa shape index (κ2) is 12.3. The van der Waals surface area contributed by atoms with E-state index in [-0.39, 0.29) is 17.6 Å². The van der Waals surface area contributed by atoms with Crippen molar-refractivity contribution in [1.29, 1.82) is 0 Å². The molecule has 0 bridgehead atoms. The molecule has 0 aliphatic heterocycles. The molecule has 0 aromatic heterocycles. The standard InChI is InChI=1S/C24H38O3S/c1-16(2)10-8-11-17(3)12-9-13-18(4)14-15-20-19(5)21(25)23(27-6)24(28-7)22(20)26/h10,12,14,19-20,22,26H,8-9,11,13,15H2,1-7H3/b17-12+,18-14+. The van der Waals surface area contributed by atoms with Crippen molar-refractivity contribution < 1.29 is 14.6 Å². The van der Waals surface area contributed by atoms with E-state index in [0.29, 0.717) is 17.1 Å². The second-order valence-corrected chi connectivity index (χ2v) is 8.91. The number of carbonyl (C=O) groups is 1. The van der Waals surface area contributed by atoms with Crippen LogP contribution in [0.5, 0.6) is 0 Å². The van der Waals surface area contributed by atoms with Crippen LogP contribution < -0.4 is 0 Å². The molecular formula is C24H38O3S. The van der Waals surface area contributed by atoms with Gasteiger partial charge in [-0.05, 0) is 66.1 Å². The van der Waals surface area contributed by atoms with E-state index in [1.807, 2.05) is 13.2 Å². The lowest BCUT2D eigenvalue weighted by atomic mass is 9.78. The van der Waals surface area contributed by atoms with Crippen molar-refractivity contribution in [1.82, 2.24) is 0 Å². The molecule has 0 fully saturated rings. The lowest BCUT2D eigenvalue weighted by Crippen LogP contribution is -2.38. The molecule has 0 saturated carbocycles. The number of hydrogen-bond donors (Lipinski definition) is 1. The fourth-order valence-electron chi connectivity index (χ4n) is 3.55. The number of ether oxygens (including phenoxy) is 1. The number of Topliss-reactive ketones (excluding diaryl/α,β-unsaturated/α-hetero) is 1. The van der Waals surface area contributed by atoms with Crippen LogP contribution >= 0.6 is 11.8 Å². The van der Waals surface area contributed by atoms with Gasteiger partial charge in [0.25, 0.3) is 0 Å². The van der Waals surface area contributed by atoms with Crippen molar-refractivity contribution in [2.45, 2.75) is 72.8 Å². The molecule has 0 saturated heterocycles. The van der Waals surface area contributed by atoms with Gasteiger partial charge in [0.15, 0.2) is 5.76 Å². The van der Waals surface area contributed by atoms with E-state index in [0.717, 1.165) is 25.7 Å². The number of aliphatic hydroxyl groups excluding tert-OH is 1. The van der Waals surface area contributed by atoms with Gasteiger partial charge in [-0.15, -0.1) is 11.8 Å². The Bertz CT molecular complexity index is 651. The van der Waals surface area contributed by atoms with Crippen molar-refractivity contribution in [2.75, 3.05) is 13.4 Å². The topological polar surface area (TPSA) is 46.5 Å². The molecular weight excluding hydrogens is 368 g/mol. The van der Waals surface area contributed by atoms with Gasteiger partial charge in [-0.3, -0.25) is 4.79 Å². The molecule has 0 heterocycles. The quantitative estimate of drug-likeness (QED) is 0.438. The summed E-state index contributed by atoms with van der Waals surface area (Å²) in [5, 5.41) is 10.7. The molecule has 158 valence electrons. The predicted octanol–water partition coefficient (Wildman–Crippen LogP) is 6.21. The van der Waals surface area contributed by atoms with Crippen LogP contribution in [0.3, 0.4) is 0 Å². The van der Waals surface area contributed by atoms with Gasteiger partial charge in [0.05, 0.1) is 18.1 Å². The Kier molecular flexibility index (Phi) is 10.9. The third-order valence-corrected chi connectivity index (χ3v) is 6.33. The average Bonchev–Trinajstić information content (AvgIpc) is 2.64. The molecule has 1 rings (SSSR count). The summed E-state index contributed by atoms with van der Waals surface area (Å²) in [7, 11) is 1.50. The van der Waals surface area contributed by atoms with Gasteiger partial charge in [-0.2, -0.15) is 0 Å². The molecule has 3 nitrogen and oxygen atoms in total. The fraction of sp³-hybridized carbons (Fsp3) is 0.625. The lowest BCUT2D eigenvalue weighted by molar-refractivity contribution is -0.126. The summed E-state index contributed by atoms with van der Waals surface area (Å²) < 4.78 is 5.26. The highest BCUT2D eigenvalue weighted by molar-refractivity contribution is 8.02. The Morgan fingerprint density at radius 2 is 1.64 bits per heavy atom. The number of ketones is 1. The molecule has 0 aromatic rings. The van der Waals surface area contributed by atoms with E-state index in [1.165, 1.54) is 35.6 Å². The van der Waals surface area contributed by atoms with Gasteiger partial charge in [-0.25, -0.2) is 0 Å². The van der Waals surface area contributed by atoms with Crippen LogP contribution in [0.15, 0.2) is 45.6 Å². The Morgan fingerprint density at radius 3 is 2.18 bits per heavy atom. The number of allylic oxidation sites excluding steroid dienone is 7. The van der Waals surface area contributed by atoms with Gasteiger partial charge in [0.2, 0.25) is 5.78 Å². The molecule has 1 aliphatic carbocycles. The largest absolute Gasteiger partial charge is 0.492 e. The van der Waals surface area contributed by atoms with Crippen molar-refractivity contribution in [3.63, 3.8) is 0 Å². The van der Waals surface area contributed by atoms with Crippen LogP contribution in [0.25, 0.3) is 0 Å². The third kappa shape index (κ3) is 7.29. The number of thioether (sulfide) groups is 1. The second-order valence-electron chi connectivity index (χ2n) is 8.06. The zero-order valence-corrected chi connectivity index (χ0v) is 19.5. The van der Waals surface area contributed by atoms with E-state index in [1.54, 1.807) is 0 Å². The molecule has 1 N–H and O–H groups in total. The van der Waals surface area contributed by atoms with Crippen LogP contribution in [-0.2, 0) is 9.53 Å². The Labute approximate surface area is 176 Å². The summed E-state index contributed by atoms with van der Waals surface area (Å²) >= 11 is 1.41. The van der Waals surface area contributed by atoms with Gasteiger partial charge in [0.1, 0.15) is 0 Å². The number of aliphatic hydroxyl groups is 1. The van der Waals surface area contributed by atoms with Crippen LogP contribution in [0.2, 0.25) is 0 Å². The first-order chi connectivity index (χ1) is 13.2. The van der Waals surface area contributed by atoms with Crippen molar-refractivity contribution >= 4 is 17.5 Å². The summed E-state index contributed by atoms with van der Waals surface area (Å²) in [6.07, 6.45) is 13.0. The minimum atomic E-state index is -0.640. The van der Waals surface area contributed by atoms with Crippen molar-refractivity contribution in [3.05, 3.63) is 45.6 Å². The SMILES string of the molecule is COC1=C(SC)C(O)C(C/C=C(\C)CC/C=C(\C)CCC=C(C)C)C(C)C1=O. The van der Waals surface area contributed by atoms with E-state index in [4.69, 9.17) is 4.74 Å². The first-order valence-electron chi connectivity index (χ1n) is 10.2. The zero-order chi connectivity index (χ0) is 21.3. The maximum Gasteiger partial charge on any atom is 0.201 e. The first kappa shape index (κ1) is 24.8. The van der Waals surface area contributed by atoms with E-state index < -0.39 is 6.10 Å². The smallest absolute Gasteiger partial charge is 0.201 e. The zero-order valence-electron chi connectivity index (χ0n) is 18.7. The highest BCUT2D eigenvalue weighted by Gasteiger charge is 2.40. The van der Waals surface area contributed by atoms with Crippen LogP contribution in [-0.4, -0.2) is 30.4 Å². The number of rotatable bonds is 10. The maximum absolute atomic E-state index is 12.6. The number of methoxy groups -OCH3 is 1. The lowest BCUT2D eigenvalue weighted by Gasteiger charge is -2.34. The van der Waals surface area contributed by atoms with E-state index in [9.17, 15) is 9.90 Å². The molecule has 0 amide bonds. The summed E-state index contributed by atoms with van der Waals surface area (Å²) in [4.78, 5) is 13.2. The van der Waals surface area contributed by atoms with Gasteiger partial charge >= 0.3 is 0 Å². The molecule has 0 spiro atoms. The molecule has 1 aliphatic rings. The minimum Gasteiger partial charge on any atom is -0.492 e. The normalized spacial score (nSPS) is 23.9. The monoisotopic (exact) mass is 406 g/mol. The Balaban J connectivity index is 2.64. The van der Waals surface area contributed by atoms with E-state index in [2.05, 4.69) is 45.9 Å². The van der Waals surface area contributed by atoms with Crippen LogP contribution in [0, 0.1) is 11.8 Å².